The van der Waals surface area contributed by atoms with Crippen molar-refractivity contribution in [3.63, 3.8) is 0 Å². The minimum atomic E-state index is -0.815. The number of fused-ring (bicyclic) bond motifs is 1. The molecule has 2 aromatic carbocycles. The number of H-pyrrole nitrogens is 1. The van der Waals surface area contributed by atoms with Gasteiger partial charge in [-0.1, -0.05) is 25.4 Å². The van der Waals surface area contributed by atoms with Crippen molar-refractivity contribution in [1.29, 1.82) is 0 Å². The monoisotopic (exact) mass is 462 g/mol. The number of anilines is 1. The standard InChI is InChI=1S/C23H25ClF2N4O2/c1-23(2,21(31)16-9-14(24)10-20-17(16)12-27-29-20)13-5-7-30(8-6-13)22(32)28-19-4-3-15(25)11-18(19)26/h3-4,9-13,21,31H,5-8H2,1-2H3,(H,27,29)(H,28,32). The van der Waals surface area contributed by atoms with Gasteiger partial charge in [0.1, 0.15) is 11.6 Å². The summed E-state index contributed by atoms with van der Waals surface area (Å²) in [6, 6.07) is 6.15. The van der Waals surface area contributed by atoms with Crippen LogP contribution in [0.2, 0.25) is 5.02 Å². The number of carbonyl (C=O) groups is 1. The van der Waals surface area contributed by atoms with Gasteiger partial charge in [-0.05, 0) is 54.0 Å². The summed E-state index contributed by atoms with van der Waals surface area (Å²) in [6.07, 6.45) is 2.26. The number of amides is 2. The van der Waals surface area contributed by atoms with Crippen molar-refractivity contribution < 1.29 is 18.7 Å². The van der Waals surface area contributed by atoms with Crippen molar-refractivity contribution in [1.82, 2.24) is 15.1 Å². The fourth-order valence-corrected chi connectivity index (χ4v) is 4.73. The van der Waals surface area contributed by atoms with Crippen LogP contribution in [0.3, 0.4) is 0 Å². The first-order valence-electron chi connectivity index (χ1n) is 10.5. The molecule has 3 aromatic rings. The number of urea groups is 1. The predicted molar refractivity (Wildman–Crippen MR) is 120 cm³/mol. The van der Waals surface area contributed by atoms with E-state index in [-0.39, 0.29) is 11.6 Å². The number of nitrogens with zero attached hydrogens (tertiary/aromatic N) is 2. The Labute approximate surface area is 189 Å². The lowest BCUT2D eigenvalue weighted by atomic mass is 9.68. The second kappa shape index (κ2) is 8.67. The highest BCUT2D eigenvalue weighted by molar-refractivity contribution is 6.31. The van der Waals surface area contributed by atoms with E-state index in [1.165, 1.54) is 6.07 Å². The van der Waals surface area contributed by atoms with Crippen molar-refractivity contribution in [2.24, 2.45) is 11.3 Å². The lowest BCUT2D eigenvalue weighted by Gasteiger charge is -2.43. The Hall–Kier alpha value is -2.71. The molecular weight excluding hydrogens is 438 g/mol. The molecular formula is C23H25ClF2N4O2. The van der Waals surface area contributed by atoms with Crippen LogP contribution in [0.1, 0.15) is 38.4 Å². The Bertz CT molecular complexity index is 1140. The Morgan fingerprint density at radius 2 is 2.00 bits per heavy atom. The second-order valence-corrected chi connectivity index (χ2v) is 9.30. The molecule has 0 saturated carbocycles. The number of halogens is 3. The molecule has 1 atom stereocenters. The number of benzene rings is 2. The van der Waals surface area contributed by atoms with Gasteiger partial charge in [0.05, 0.1) is 23.5 Å². The van der Waals surface area contributed by atoms with Crippen LogP contribution in [0.25, 0.3) is 10.9 Å². The van der Waals surface area contributed by atoms with E-state index in [0.717, 1.165) is 28.6 Å². The number of likely N-dealkylation sites (tertiary alicyclic amines) is 1. The topological polar surface area (TPSA) is 81.3 Å². The summed E-state index contributed by atoms with van der Waals surface area (Å²) in [5.41, 5.74) is 0.944. The number of aromatic nitrogens is 2. The summed E-state index contributed by atoms with van der Waals surface area (Å²) in [6.45, 7) is 4.95. The third-order valence-electron chi connectivity index (χ3n) is 6.56. The molecule has 6 nitrogen and oxygen atoms in total. The average molecular weight is 463 g/mol. The van der Waals surface area contributed by atoms with Crippen molar-refractivity contribution in [2.75, 3.05) is 18.4 Å². The van der Waals surface area contributed by atoms with Crippen LogP contribution in [-0.4, -0.2) is 39.3 Å². The molecule has 1 saturated heterocycles. The summed E-state index contributed by atoms with van der Waals surface area (Å²) in [5.74, 6) is -1.37. The van der Waals surface area contributed by atoms with E-state index in [9.17, 15) is 18.7 Å². The van der Waals surface area contributed by atoms with E-state index in [0.29, 0.717) is 31.0 Å². The molecule has 32 heavy (non-hydrogen) atoms. The molecule has 1 fully saturated rings. The third-order valence-corrected chi connectivity index (χ3v) is 6.78. The number of piperidine rings is 1. The van der Waals surface area contributed by atoms with Gasteiger partial charge < -0.3 is 15.3 Å². The molecule has 3 N–H and O–H groups in total. The number of hydrogen-bond donors (Lipinski definition) is 3. The maximum absolute atomic E-state index is 13.8. The lowest BCUT2D eigenvalue weighted by Crippen LogP contribution is -2.45. The zero-order valence-corrected chi connectivity index (χ0v) is 18.6. The summed E-state index contributed by atoms with van der Waals surface area (Å²) in [7, 11) is 0. The minimum absolute atomic E-state index is 0.0561. The molecule has 0 spiro atoms. The first-order chi connectivity index (χ1) is 15.2. The average Bonchev–Trinajstić information content (AvgIpc) is 3.23. The second-order valence-electron chi connectivity index (χ2n) is 8.87. The molecule has 9 heteroatoms. The van der Waals surface area contributed by atoms with Crippen LogP contribution in [0.5, 0.6) is 0 Å². The maximum Gasteiger partial charge on any atom is 0.321 e. The highest BCUT2D eigenvalue weighted by Crippen LogP contribution is 2.46. The smallest absolute Gasteiger partial charge is 0.321 e. The van der Waals surface area contributed by atoms with Crippen LogP contribution in [0.4, 0.5) is 19.3 Å². The molecule has 0 bridgehead atoms. The Kier molecular flexibility index (Phi) is 6.09. The Balaban J connectivity index is 1.43. The Morgan fingerprint density at radius 1 is 1.28 bits per heavy atom. The van der Waals surface area contributed by atoms with E-state index in [4.69, 9.17) is 11.6 Å². The fourth-order valence-electron chi connectivity index (χ4n) is 4.50. The third kappa shape index (κ3) is 4.29. The molecule has 0 aliphatic carbocycles. The molecule has 4 rings (SSSR count). The SMILES string of the molecule is CC(C)(C1CCN(C(=O)Nc2ccc(F)cc2F)CC1)C(O)c1cc(Cl)cc2[nH]ncc12. The predicted octanol–water partition coefficient (Wildman–Crippen LogP) is 5.50. The molecule has 170 valence electrons. The largest absolute Gasteiger partial charge is 0.388 e. The van der Waals surface area contributed by atoms with E-state index >= 15 is 0 Å². The summed E-state index contributed by atoms with van der Waals surface area (Å²) < 4.78 is 26.9. The molecule has 2 amide bonds. The Morgan fingerprint density at radius 3 is 2.69 bits per heavy atom. The van der Waals surface area contributed by atoms with Crippen molar-refractivity contribution in [3.8, 4) is 0 Å². The normalized spacial score (nSPS) is 16.4. The number of aliphatic hydroxyl groups is 1. The molecule has 2 heterocycles. The zero-order chi connectivity index (χ0) is 23.0. The van der Waals surface area contributed by atoms with Gasteiger partial charge >= 0.3 is 6.03 Å². The highest BCUT2D eigenvalue weighted by atomic mass is 35.5. The van der Waals surface area contributed by atoms with Crippen molar-refractivity contribution in [2.45, 2.75) is 32.8 Å². The summed E-state index contributed by atoms with van der Waals surface area (Å²) >= 11 is 6.24. The van der Waals surface area contributed by atoms with Crippen molar-refractivity contribution >= 4 is 34.2 Å². The number of rotatable bonds is 4. The number of hydrogen-bond acceptors (Lipinski definition) is 3. The van der Waals surface area contributed by atoms with Crippen LogP contribution in [-0.2, 0) is 0 Å². The number of aliphatic hydroxyl groups excluding tert-OH is 1. The molecule has 1 aliphatic heterocycles. The highest BCUT2D eigenvalue weighted by Gasteiger charge is 2.40. The van der Waals surface area contributed by atoms with Gasteiger partial charge in [0.2, 0.25) is 0 Å². The van der Waals surface area contributed by atoms with Gasteiger partial charge in [-0.3, -0.25) is 5.10 Å². The zero-order valence-electron chi connectivity index (χ0n) is 17.8. The van der Waals surface area contributed by atoms with E-state index < -0.39 is 29.2 Å². The summed E-state index contributed by atoms with van der Waals surface area (Å²) in [4.78, 5) is 14.2. The van der Waals surface area contributed by atoms with E-state index in [1.807, 2.05) is 13.8 Å². The molecule has 0 radical (unpaired) electrons. The summed E-state index contributed by atoms with van der Waals surface area (Å²) in [5, 5.41) is 22.1. The van der Waals surface area contributed by atoms with Gasteiger partial charge in [0.25, 0.3) is 0 Å². The van der Waals surface area contributed by atoms with E-state index in [1.54, 1.807) is 23.2 Å². The quantitative estimate of drug-likeness (QED) is 0.479. The van der Waals surface area contributed by atoms with Gasteiger partial charge in [-0.2, -0.15) is 5.10 Å². The maximum atomic E-state index is 13.8. The van der Waals surface area contributed by atoms with Gasteiger partial charge in [0, 0.05) is 29.6 Å². The van der Waals surface area contributed by atoms with Crippen LogP contribution in [0, 0.1) is 23.0 Å². The number of carbonyl (C=O) groups excluding carboxylic acids is 1. The first kappa shape index (κ1) is 22.5. The minimum Gasteiger partial charge on any atom is -0.388 e. The molecule has 1 unspecified atom stereocenters. The fraction of sp³-hybridized carbons (Fsp3) is 0.391. The molecule has 1 aliphatic rings. The number of aromatic amines is 1. The van der Waals surface area contributed by atoms with Crippen LogP contribution in [0.15, 0.2) is 36.5 Å². The van der Waals surface area contributed by atoms with Crippen LogP contribution >= 0.6 is 11.6 Å². The van der Waals surface area contributed by atoms with Gasteiger partial charge in [0.15, 0.2) is 0 Å². The first-order valence-corrected chi connectivity index (χ1v) is 10.9. The lowest BCUT2D eigenvalue weighted by molar-refractivity contribution is -0.0137. The molecule has 1 aromatic heterocycles. The number of nitrogens with one attached hydrogen (secondary N) is 2. The van der Waals surface area contributed by atoms with Crippen LogP contribution < -0.4 is 5.32 Å². The van der Waals surface area contributed by atoms with Crippen molar-refractivity contribution in [3.05, 3.63) is 58.7 Å². The van der Waals surface area contributed by atoms with Gasteiger partial charge in [-0.15, -0.1) is 0 Å². The van der Waals surface area contributed by atoms with Gasteiger partial charge in [-0.25, -0.2) is 13.6 Å². The van der Waals surface area contributed by atoms with E-state index in [2.05, 4.69) is 15.5 Å².